The van der Waals surface area contributed by atoms with Crippen LogP contribution in [0.15, 0.2) is 126 Å². The number of fused-ring (bicyclic) bond motifs is 1. The molecule has 0 bridgehead atoms. The van der Waals surface area contributed by atoms with Gasteiger partial charge in [0, 0.05) is 0 Å². The first-order valence-electron chi connectivity index (χ1n) is 15.5. The fourth-order valence-electron chi connectivity index (χ4n) is 6.57. The van der Waals surface area contributed by atoms with E-state index < -0.39 is 7.26 Å². The number of aromatic nitrogens is 3. The summed E-state index contributed by atoms with van der Waals surface area (Å²) in [5.41, 5.74) is 9.94. The van der Waals surface area contributed by atoms with Gasteiger partial charge in [-0.05, 0) is 0 Å². The molecule has 2 heterocycles. The Hall–Kier alpha value is -3.95. The van der Waals surface area contributed by atoms with Gasteiger partial charge in [0.15, 0.2) is 0 Å². The summed E-state index contributed by atoms with van der Waals surface area (Å²) in [5.74, 6) is 0. The van der Waals surface area contributed by atoms with E-state index in [9.17, 15) is 0 Å². The Morgan fingerprint density at radius 3 is 1.80 bits per heavy atom. The van der Waals surface area contributed by atoms with Crippen molar-refractivity contribution < 1.29 is 22.7 Å². The van der Waals surface area contributed by atoms with Crippen LogP contribution in [-0.4, -0.2) is 28.2 Å². The number of benzene rings is 4. The number of ether oxygens (including phenoxy) is 1. The van der Waals surface area contributed by atoms with Crippen LogP contribution in [0.5, 0.6) is 0 Å². The monoisotopic (exact) mass is 799 g/mol. The van der Waals surface area contributed by atoms with Gasteiger partial charge in [0.1, 0.15) is 0 Å². The molecule has 0 saturated carbocycles. The molecular formula is C40H38N3OOsP+. The molecule has 0 aliphatic carbocycles. The van der Waals surface area contributed by atoms with Gasteiger partial charge in [0.2, 0.25) is 0 Å². The van der Waals surface area contributed by atoms with E-state index in [0.29, 0.717) is 13.2 Å². The van der Waals surface area contributed by atoms with Crippen molar-refractivity contribution in [3.05, 3.63) is 148 Å². The van der Waals surface area contributed by atoms with Gasteiger partial charge >= 0.3 is 284 Å². The quantitative estimate of drug-likeness (QED) is 0.159. The molecule has 6 heteroatoms. The normalized spacial score (nSPS) is 16.0. The predicted molar refractivity (Wildman–Crippen MR) is 191 cm³/mol. The van der Waals surface area contributed by atoms with E-state index in [2.05, 4.69) is 147 Å². The summed E-state index contributed by atoms with van der Waals surface area (Å²) in [6, 6.07) is 33.0. The van der Waals surface area contributed by atoms with Crippen molar-refractivity contribution in [1.29, 1.82) is 0 Å². The molecular weight excluding hydrogens is 760 g/mol. The number of nitrogens with zero attached hydrogens (tertiary/aromatic N) is 3. The Labute approximate surface area is 282 Å². The molecule has 1 saturated heterocycles. The van der Waals surface area contributed by atoms with E-state index in [1.54, 1.807) is 22.7 Å². The third kappa shape index (κ3) is 5.53. The Morgan fingerprint density at radius 2 is 1.30 bits per heavy atom. The number of hydrogen-bond donors (Lipinski definition) is 0. The van der Waals surface area contributed by atoms with Gasteiger partial charge in [-0.15, -0.1) is 0 Å². The molecule has 0 radical (unpaired) electrons. The van der Waals surface area contributed by atoms with E-state index in [1.807, 2.05) is 7.05 Å². The van der Waals surface area contributed by atoms with Gasteiger partial charge in [0.25, 0.3) is 0 Å². The molecule has 0 atom stereocenters. The Morgan fingerprint density at radius 1 is 0.783 bits per heavy atom. The van der Waals surface area contributed by atoms with E-state index in [0.717, 1.165) is 27.7 Å². The van der Waals surface area contributed by atoms with E-state index in [1.165, 1.54) is 43.5 Å². The Kier molecular flexibility index (Phi) is 9.61. The van der Waals surface area contributed by atoms with Crippen LogP contribution < -0.4 is 15.9 Å². The van der Waals surface area contributed by atoms with Crippen molar-refractivity contribution in [2.24, 2.45) is 7.05 Å². The SMILES string of the molecule is CC=C1COCC1=CC(=C([C]#[Os])[P+](c1ccccc1)(c1ccccc1)c1ccccc1)c1c(C)c(C)c(/C=C/C)c2nn(C)nc12. The molecule has 0 unspecified atom stereocenters. The summed E-state index contributed by atoms with van der Waals surface area (Å²) in [4.78, 5) is 1.70. The molecule has 0 amide bonds. The maximum absolute atomic E-state index is 6.04. The van der Waals surface area contributed by atoms with Crippen molar-refractivity contribution >= 4 is 45.9 Å². The van der Waals surface area contributed by atoms with E-state index >= 15 is 0 Å². The van der Waals surface area contributed by atoms with Crippen molar-refractivity contribution in [2.45, 2.75) is 27.7 Å². The van der Waals surface area contributed by atoms with Crippen LogP contribution in [0.25, 0.3) is 22.7 Å². The zero-order valence-electron chi connectivity index (χ0n) is 26.9. The number of hydrogen-bond acceptors (Lipinski definition) is 3. The van der Waals surface area contributed by atoms with Gasteiger partial charge in [-0.3, -0.25) is 0 Å². The Balaban J connectivity index is 1.89. The molecule has 1 aromatic heterocycles. The average molecular weight is 798 g/mol. The predicted octanol–water partition coefficient (Wildman–Crippen LogP) is 7.73. The van der Waals surface area contributed by atoms with Gasteiger partial charge in [-0.25, -0.2) is 0 Å². The van der Waals surface area contributed by atoms with Crippen LogP contribution in [0.1, 0.15) is 36.1 Å². The topological polar surface area (TPSA) is 39.9 Å². The van der Waals surface area contributed by atoms with Crippen molar-refractivity contribution in [2.75, 3.05) is 13.2 Å². The van der Waals surface area contributed by atoms with Crippen LogP contribution in [-0.2, 0) is 29.7 Å². The Bertz CT molecular complexity index is 1970. The maximum atomic E-state index is 6.04. The molecule has 1 aliphatic heterocycles. The summed E-state index contributed by atoms with van der Waals surface area (Å²) in [6.07, 6.45) is 8.78. The molecule has 4 aromatic carbocycles. The van der Waals surface area contributed by atoms with Crippen LogP contribution in [0, 0.1) is 18.2 Å². The van der Waals surface area contributed by atoms with Gasteiger partial charge < -0.3 is 0 Å². The van der Waals surface area contributed by atoms with Gasteiger partial charge in [0.05, 0.1) is 0 Å². The molecule has 231 valence electrons. The van der Waals surface area contributed by atoms with Crippen LogP contribution in [0.3, 0.4) is 0 Å². The number of aryl methyl sites for hydroxylation is 1. The first-order chi connectivity index (χ1) is 22.4. The summed E-state index contributed by atoms with van der Waals surface area (Å²) in [6.45, 7) is 9.76. The standard InChI is InChI=1S/C40H38N3OP.Os/c1-7-18-36-28(3)29(4)38(40-39(36)41-43(6)42-40)37(25-32-27-44-26-31(32)8-2)30(5)45(33-19-12-9-13-20-33,34-21-14-10-15-22-34)35-23-16-11-17-24-35;/h7-25H,26-27H2,1-4,6H3;/q+1;/b18-7+,31-8?,32-25?,37-30?;. The molecule has 46 heavy (non-hydrogen) atoms. The third-order valence-electron chi connectivity index (χ3n) is 8.85. The molecule has 4 nitrogen and oxygen atoms in total. The second-order valence-corrected chi connectivity index (χ2v) is 15.4. The molecule has 1 aliphatic rings. The zero-order chi connectivity index (χ0) is 32.3. The fraction of sp³-hybridized carbons (Fsp3) is 0.175. The average Bonchev–Trinajstić information content (AvgIpc) is 3.72. The molecule has 0 spiro atoms. The summed E-state index contributed by atoms with van der Waals surface area (Å²) in [5, 5.41) is 15.0. The van der Waals surface area contributed by atoms with Crippen LogP contribution >= 0.6 is 7.26 Å². The minimum atomic E-state index is -2.50. The van der Waals surface area contributed by atoms with E-state index in [4.69, 9.17) is 14.9 Å². The third-order valence-corrected chi connectivity index (χ3v) is 14.2. The van der Waals surface area contributed by atoms with Gasteiger partial charge in [-0.1, -0.05) is 0 Å². The molecule has 5 aromatic rings. The number of allylic oxidation sites excluding steroid dienone is 5. The van der Waals surface area contributed by atoms with Crippen molar-refractivity contribution in [1.82, 2.24) is 15.0 Å². The second-order valence-electron chi connectivity index (χ2n) is 11.4. The first kappa shape index (κ1) is 32.0. The van der Waals surface area contributed by atoms with E-state index in [-0.39, 0.29) is 0 Å². The van der Waals surface area contributed by atoms with Crippen molar-refractivity contribution in [3.8, 4) is 4.37 Å². The molecule has 6 rings (SSSR count). The summed E-state index contributed by atoms with van der Waals surface area (Å²) >= 11 is 1.81. The number of rotatable bonds is 7. The minimum absolute atomic E-state index is 0.564. The van der Waals surface area contributed by atoms with Crippen LogP contribution in [0.4, 0.5) is 0 Å². The summed E-state index contributed by atoms with van der Waals surface area (Å²) < 4.78 is 9.92. The summed E-state index contributed by atoms with van der Waals surface area (Å²) in [7, 11) is -0.588. The molecule has 0 N–H and O–H groups in total. The fourth-order valence-corrected chi connectivity index (χ4v) is 12.4. The zero-order valence-corrected chi connectivity index (χ0v) is 30.4. The second kappa shape index (κ2) is 13.8. The van der Waals surface area contributed by atoms with Gasteiger partial charge in [-0.2, -0.15) is 0 Å². The van der Waals surface area contributed by atoms with Crippen molar-refractivity contribution in [3.63, 3.8) is 0 Å². The molecule has 1 fully saturated rings. The van der Waals surface area contributed by atoms with Crippen LogP contribution in [0.2, 0.25) is 0 Å². The first-order valence-corrected chi connectivity index (χ1v) is 18.6.